The fraction of sp³-hybridized carbons (Fsp3) is 0.211. The highest BCUT2D eigenvalue weighted by Gasteiger charge is 2.25. The van der Waals surface area contributed by atoms with Gasteiger partial charge < -0.3 is 14.8 Å². The highest BCUT2D eigenvalue weighted by atomic mass is 127. The van der Waals surface area contributed by atoms with Gasteiger partial charge in [0.25, 0.3) is 0 Å². The van der Waals surface area contributed by atoms with Gasteiger partial charge in [-0.1, -0.05) is 0 Å². The lowest BCUT2D eigenvalue weighted by atomic mass is 10.1. The van der Waals surface area contributed by atoms with Gasteiger partial charge in [-0.05, 0) is 65.4 Å². The van der Waals surface area contributed by atoms with Gasteiger partial charge in [0.1, 0.15) is 23.0 Å². The Bertz CT molecular complexity index is 919. The van der Waals surface area contributed by atoms with Crippen molar-refractivity contribution < 1.29 is 9.47 Å². The molecule has 0 saturated carbocycles. The second-order valence-electron chi connectivity index (χ2n) is 5.81. The van der Waals surface area contributed by atoms with Crippen LogP contribution in [0.3, 0.4) is 0 Å². The van der Waals surface area contributed by atoms with E-state index in [1.165, 1.54) is 9.13 Å². The first kappa shape index (κ1) is 16.3. The SMILES string of the molecule is COc1ccc(-c2nn(-c3ccc(I)cc3)c3c2CCN3)c(OC)c1. The van der Waals surface area contributed by atoms with Crippen molar-refractivity contribution in [3.63, 3.8) is 0 Å². The first-order valence-corrected chi connectivity index (χ1v) is 9.13. The van der Waals surface area contributed by atoms with Gasteiger partial charge in [0.15, 0.2) is 0 Å². The van der Waals surface area contributed by atoms with Crippen molar-refractivity contribution in [3.8, 4) is 28.4 Å². The number of hydrogen-bond donors (Lipinski definition) is 1. The molecule has 3 aromatic rings. The first-order valence-electron chi connectivity index (χ1n) is 8.05. The Hall–Kier alpha value is -2.22. The quantitative estimate of drug-likeness (QED) is 0.612. The number of anilines is 1. The maximum absolute atomic E-state index is 5.58. The Morgan fingerprint density at radius 3 is 2.60 bits per heavy atom. The van der Waals surface area contributed by atoms with E-state index in [0.29, 0.717) is 0 Å². The number of rotatable bonds is 4. The lowest BCUT2D eigenvalue weighted by Gasteiger charge is -2.10. The molecule has 1 aliphatic heterocycles. The second-order valence-corrected chi connectivity index (χ2v) is 7.05. The molecule has 0 amide bonds. The first-order chi connectivity index (χ1) is 12.2. The number of fused-ring (bicyclic) bond motifs is 1. The van der Waals surface area contributed by atoms with Crippen LogP contribution in [0, 0.1) is 3.57 Å². The average molecular weight is 447 g/mol. The van der Waals surface area contributed by atoms with E-state index < -0.39 is 0 Å². The van der Waals surface area contributed by atoms with Gasteiger partial charge in [-0.3, -0.25) is 0 Å². The van der Waals surface area contributed by atoms with E-state index in [2.05, 4.69) is 52.2 Å². The molecule has 0 aliphatic carbocycles. The molecule has 2 aromatic carbocycles. The molecule has 4 rings (SSSR count). The van der Waals surface area contributed by atoms with Crippen LogP contribution in [0.1, 0.15) is 5.56 Å². The van der Waals surface area contributed by atoms with Gasteiger partial charge in [-0.15, -0.1) is 0 Å². The summed E-state index contributed by atoms with van der Waals surface area (Å²) in [5.74, 6) is 2.60. The minimum atomic E-state index is 0.765. The lowest BCUT2D eigenvalue weighted by molar-refractivity contribution is 0.395. The summed E-state index contributed by atoms with van der Waals surface area (Å²) in [5.41, 5.74) is 4.21. The van der Waals surface area contributed by atoms with Crippen LogP contribution in [-0.2, 0) is 6.42 Å². The summed E-state index contributed by atoms with van der Waals surface area (Å²) >= 11 is 2.31. The third-order valence-electron chi connectivity index (χ3n) is 4.39. The summed E-state index contributed by atoms with van der Waals surface area (Å²) in [6.07, 6.45) is 0.949. The number of hydrogen-bond acceptors (Lipinski definition) is 4. The molecule has 0 fully saturated rings. The summed E-state index contributed by atoms with van der Waals surface area (Å²) in [6, 6.07) is 14.2. The Morgan fingerprint density at radius 1 is 1.08 bits per heavy atom. The largest absolute Gasteiger partial charge is 0.497 e. The molecule has 0 saturated heterocycles. The molecule has 0 unspecified atom stereocenters. The fourth-order valence-corrected chi connectivity index (χ4v) is 3.51. The van der Waals surface area contributed by atoms with E-state index >= 15 is 0 Å². The van der Waals surface area contributed by atoms with E-state index in [-0.39, 0.29) is 0 Å². The van der Waals surface area contributed by atoms with Crippen molar-refractivity contribution in [1.82, 2.24) is 9.78 Å². The predicted octanol–water partition coefficient (Wildman–Crippen LogP) is 4.13. The molecule has 1 N–H and O–H groups in total. The van der Waals surface area contributed by atoms with Crippen molar-refractivity contribution in [2.45, 2.75) is 6.42 Å². The van der Waals surface area contributed by atoms with Gasteiger partial charge in [0, 0.05) is 27.3 Å². The lowest BCUT2D eigenvalue weighted by Crippen LogP contribution is -2.04. The van der Waals surface area contributed by atoms with Crippen molar-refractivity contribution in [1.29, 1.82) is 0 Å². The van der Waals surface area contributed by atoms with Gasteiger partial charge >= 0.3 is 0 Å². The molecule has 2 heterocycles. The second kappa shape index (κ2) is 6.59. The van der Waals surface area contributed by atoms with Crippen molar-refractivity contribution in [2.24, 2.45) is 0 Å². The summed E-state index contributed by atoms with van der Waals surface area (Å²) in [6.45, 7) is 0.920. The maximum Gasteiger partial charge on any atom is 0.133 e. The maximum atomic E-state index is 5.58. The van der Waals surface area contributed by atoms with Crippen molar-refractivity contribution in [3.05, 3.63) is 51.6 Å². The summed E-state index contributed by atoms with van der Waals surface area (Å²) in [5, 5.41) is 8.36. The van der Waals surface area contributed by atoms with E-state index in [9.17, 15) is 0 Å². The van der Waals surface area contributed by atoms with Crippen molar-refractivity contribution in [2.75, 3.05) is 26.1 Å². The number of nitrogens with one attached hydrogen (secondary N) is 1. The van der Waals surface area contributed by atoms with Crippen LogP contribution in [-0.4, -0.2) is 30.5 Å². The predicted molar refractivity (Wildman–Crippen MR) is 107 cm³/mol. The highest BCUT2D eigenvalue weighted by Crippen LogP contribution is 2.39. The topological polar surface area (TPSA) is 48.3 Å². The van der Waals surface area contributed by atoms with Crippen LogP contribution < -0.4 is 14.8 Å². The van der Waals surface area contributed by atoms with E-state index in [0.717, 1.165) is 47.2 Å². The zero-order valence-electron chi connectivity index (χ0n) is 14.0. The Morgan fingerprint density at radius 2 is 1.88 bits per heavy atom. The molecule has 25 heavy (non-hydrogen) atoms. The molecule has 0 spiro atoms. The third-order valence-corrected chi connectivity index (χ3v) is 5.11. The number of benzene rings is 2. The molecule has 6 heteroatoms. The molecular weight excluding hydrogens is 429 g/mol. The fourth-order valence-electron chi connectivity index (χ4n) is 3.15. The molecular formula is C19H18IN3O2. The van der Waals surface area contributed by atoms with Gasteiger partial charge in [0.2, 0.25) is 0 Å². The van der Waals surface area contributed by atoms with Crippen LogP contribution in [0.2, 0.25) is 0 Å². The van der Waals surface area contributed by atoms with Gasteiger partial charge in [0.05, 0.1) is 19.9 Å². The number of nitrogens with zero attached hydrogens (tertiary/aromatic N) is 2. The molecule has 1 aliphatic rings. The van der Waals surface area contributed by atoms with Gasteiger partial charge in [-0.2, -0.15) is 5.10 Å². The Kier molecular flexibility index (Phi) is 4.29. The zero-order valence-corrected chi connectivity index (χ0v) is 16.2. The average Bonchev–Trinajstić information content (AvgIpc) is 3.25. The van der Waals surface area contributed by atoms with Crippen LogP contribution >= 0.6 is 22.6 Å². The van der Waals surface area contributed by atoms with E-state index in [1.807, 2.05) is 22.9 Å². The monoisotopic (exact) mass is 447 g/mol. The third kappa shape index (κ3) is 2.84. The van der Waals surface area contributed by atoms with Crippen LogP contribution in [0.15, 0.2) is 42.5 Å². The van der Waals surface area contributed by atoms with E-state index in [4.69, 9.17) is 14.6 Å². The van der Waals surface area contributed by atoms with Crippen LogP contribution in [0.4, 0.5) is 5.82 Å². The number of methoxy groups -OCH3 is 2. The summed E-state index contributed by atoms with van der Waals surface area (Å²) in [7, 11) is 3.33. The normalized spacial score (nSPS) is 12.6. The number of aromatic nitrogens is 2. The molecule has 0 bridgehead atoms. The number of halogens is 1. The van der Waals surface area contributed by atoms with Crippen molar-refractivity contribution >= 4 is 28.4 Å². The molecule has 128 valence electrons. The summed E-state index contributed by atoms with van der Waals surface area (Å²) in [4.78, 5) is 0. The standard InChI is InChI=1S/C19H18IN3O2/c1-24-14-7-8-15(17(11-14)25-2)18-16-9-10-21-19(16)23(22-18)13-5-3-12(20)4-6-13/h3-8,11,21H,9-10H2,1-2H3. The Labute approximate surface area is 160 Å². The van der Waals surface area contributed by atoms with Gasteiger partial charge in [-0.25, -0.2) is 4.68 Å². The highest BCUT2D eigenvalue weighted by molar-refractivity contribution is 14.1. The van der Waals surface area contributed by atoms with E-state index in [1.54, 1.807) is 14.2 Å². The van der Waals surface area contributed by atoms with Crippen LogP contribution in [0.25, 0.3) is 16.9 Å². The number of ether oxygens (including phenoxy) is 2. The molecule has 1 aromatic heterocycles. The zero-order chi connectivity index (χ0) is 17.4. The minimum Gasteiger partial charge on any atom is -0.497 e. The molecule has 0 radical (unpaired) electrons. The minimum absolute atomic E-state index is 0.765. The molecule has 0 atom stereocenters. The van der Waals surface area contributed by atoms with Crippen LogP contribution in [0.5, 0.6) is 11.5 Å². The Balaban J connectivity index is 1.87. The molecule has 5 nitrogen and oxygen atoms in total. The summed E-state index contributed by atoms with van der Waals surface area (Å²) < 4.78 is 14.1. The smallest absolute Gasteiger partial charge is 0.133 e.